The SMILES string of the molecule is CCOC(=O)C1=C(OC)CN(CC(=O)OCc2ccccc2)C1. The van der Waals surface area contributed by atoms with Crippen LogP contribution >= 0.6 is 0 Å². The molecule has 0 unspecified atom stereocenters. The van der Waals surface area contributed by atoms with Crippen molar-refractivity contribution in [2.45, 2.75) is 13.5 Å². The zero-order chi connectivity index (χ0) is 16.7. The molecule has 0 N–H and O–H groups in total. The Hall–Kier alpha value is -2.34. The fraction of sp³-hybridized carbons (Fsp3) is 0.412. The molecule has 1 aliphatic rings. The molecule has 1 aromatic carbocycles. The lowest BCUT2D eigenvalue weighted by Crippen LogP contribution is -2.30. The highest BCUT2D eigenvalue weighted by Crippen LogP contribution is 2.19. The van der Waals surface area contributed by atoms with Gasteiger partial charge in [0.1, 0.15) is 12.4 Å². The molecule has 0 atom stereocenters. The smallest absolute Gasteiger partial charge is 0.338 e. The Morgan fingerprint density at radius 2 is 1.87 bits per heavy atom. The molecule has 0 aliphatic carbocycles. The van der Waals surface area contributed by atoms with Gasteiger partial charge in [-0.2, -0.15) is 0 Å². The van der Waals surface area contributed by atoms with Crippen molar-refractivity contribution in [3.05, 3.63) is 47.2 Å². The Kier molecular flexibility index (Phi) is 6.17. The number of hydrogen-bond acceptors (Lipinski definition) is 6. The second kappa shape index (κ2) is 8.33. The number of benzene rings is 1. The van der Waals surface area contributed by atoms with Crippen LogP contribution in [0.5, 0.6) is 0 Å². The third kappa shape index (κ3) is 4.82. The van der Waals surface area contributed by atoms with E-state index in [0.29, 0.717) is 31.0 Å². The van der Waals surface area contributed by atoms with Crippen LogP contribution in [0.3, 0.4) is 0 Å². The summed E-state index contributed by atoms with van der Waals surface area (Å²) in [4.78, 5) is 25.6. The van der Waals surface area contributed by atoms with Crippen LogP contribution in [0.15, 0.2) is 41.7 Å². The third-order valence-corrected chi connectivity index (χ3v) is 3.45. The van der Waals surface area contributed by atoms with Crippen molar-refractivity contribution in [2.24, 2.45) is 0 Å². The summed E-state index contributed by atoms with van der Waals surface area (Å²) >= 11 is 0. The van der Waals surface area contributed by atoms with Crippen molar-refractivity contribution in [3.8, 4) is 0 Å². The van der Waals surface area contributed by atoms with E-state index in [1.54, 1.807) is 11.8 Å². The highest BCUT2D eigenvalue weighted by Gasteiger charge is 2.30. The van der Waals surface area contributed by atoms with Crippen LogP contribution in [0.1, 0.15) is 12.5 Å². The number of ether oxygens (including phenoxy) is 3. The minimum atomic E-state index is -0.399. The van der Waals surface area contributed by atoms with Crippen molar-refractivity contribution in [3.63, 3.8) is 0 Å². The van der Waals surface area contributed by atoms with Crippen molar-refractivity contribution < 1.29 is 23.8 Å². The van der Waals surface area contributed by atoms with Crippen molar-refractivity contribution >= 4 is 11.9 Å². The Labute approximate surface area is 135 Å². The zero-order valence-electron chi connectivity index (χ0n) is 13.4. The van der Waals surface area contributed by atoms with Crippen molar-refractivity contribution in [2.75, 3.05) is 33.4 Å². The molecule has 0 radical (unpaired) electrons. The summed E-state index contributed by atoms with van der Waals surface area (Å²) in [5.41, 5.74) is 1.40. The maximum Gasteiger partial charge on any atom is 0.338 e. The molecule has 1 aromatic rings. The Bertz CT molecular complexity index is 582. The van der Waals surface area contributed by atoms with Crippen LogP contribution in [-0.4, -0.2) is 50.2 Å². The normalized spacial score (nSPS) is 14.7. The summed E-state index contributed by atoms with van der Waals surface area (Å²) in [5, 5.41) is 0. The summed E-state index contributed by atoms with van der Waals surface area (Å²) in [6.07, 6.45) is 0. The molecule has 1 heterocycles. The van der Waals surface area contributed by atoms with E-state index < -0.39 is 5.97 Å². The Morgan fingerprint density at radius 1 is 1.13 bits per heavy atom. The number of hydrogen-bond donors (Lipinski definition) is 0. The van der Waals surface area contributed by atoms with Gasteiger partial charge in [0.05, 0.1) is 32.4 Å². The van der Waals surface area contributed by atoms with Crippen LogP contribution in [0.25, 0.3) is 0 Å². The molecule has 6 nitrogen and oxygen atoms in total. The first kappa shape index (κ1) is 17.0. The van der Waals surface area contributed by atoms with E-state index in [2.05, 4.69) is 0 Å². The fourth-order valence-corrected chi connectivity index (χ4v) is 2.33. The van der Waals surface area contributed by atoms with E-state index in [0.717, 1.165) is 5.56 Å². The molecule has 23 heavy (non-hydrogen) atoms. The Balaban J connectivity index is 1.83. The molecule has 6 heteroatoms. The van der Waals surface area contributed by atoms with Crippen molar-refractivity contribution in [1.82, 2.24) is 4.90 Å². The van der Waals surface area contributed by atoms with Gasteiger partial charge in [-0.3, -0.25) is 9.69 Å². The molecule has 0 saturated heterocycles. The van der Waals surface area contributed by atoms with Gasteiger partial charge in [-0.1, -0.05) is 30.3 Å². The maximum atomic E-state index is 11.9. The van der Waals surface area contributed by atoms with E-state index in [4.69, 9.17) is 14.2 Å². The third-order valence-electron chi connectivity index (χ3n) is 3.45. The molecule has 1 aliphatic heterocycles. The predicted molar refractivity (Wildman–Crippen MR) is 83.3 cm³/mol. The number of esters is 2. The molecular weight excluding hydrogens is 298 g/mol. The first-order valence-corrected chi connectivity index (χ1v) is 7.49. The highest BCUT2D eigenvalue weighted by molar-refractivity contribution is 5.90. The largest absolute Gasteiger partial charge is 0.499 e. The lowest BCUT2D eigenvalue weighted by Gasteiger charge is -2.14. The standard InChI is InChI=1S/C17H21NO5/c1-3-22-17(20)14-9-18(10-15(14)21-2)11-16(19)23-12-13-7-5-4-6-8-13/h4-8H,3,9-12H2,1-2H3. The van der Waals surface area contributed by atoms with E-state index in [1.165, 1.54) is 7.11 Å². The van der Waals surface area contributed by atoms with Gasteiger partial charge in [0, 0.05) is 6.54 Å². The van der Waals surface area contributed by atoms with Crippen LogP contribution in [-0.2, 0) is 30.4 Å². The number of methoxy groups -OCH3 is 1. The number of nitrogens with zero attached hydrogens (tertiary/aromatic N) is 1. The predicted octanol–water partition coefficient (Wildman–Crippen LogP) is 1.51. The molecule has 0 bridgehead atoms. The summed E-state index contributed by atoms with van der Waals surface area (Å²) in [6, 6.07) is 9.48. The van der Waals surface area contributed by atoms with Crippen LogP contribution in [0, 0.1) is 0 Å². The Morgan fingerprint density at radius 3 is 2.52 bits per heavy atom. The molecule has 0 fully saturated rings. The summed E-state index contributed by atoms with van der Waals surface area (Å²) in [6.45, 7) is 3.11. The quantitative estimate of drug-likeness (QED) is 0.710. The van der Waals surface area contributed by atoms with E-state index >= 15 is 0 Å². The number of carbonyl (C=O) groups excluding carboxylic acids is 2. The topological polar surface area (TPSA) is 65.1 Å². The molecule has 0 spiro atoms. The van der Waals surface area contributed by atoms with Crippen LogP contribution in [0.2, 0.25) is 0 Å². The molecule has 2 rings (SSSR count). The highest BCUT2D eigenvalue weighted by atomic mass is 16.5. The molecular formula is C17H21NO5. The lowest BCUT2D eigenvalue weighted by atomic mass is 10.2. The van der Waals surface area contributed by atoms with Gasteiger partial charge in [0.25, 0.3) is 0 Å². The summed E-state index contributed by atoms with van der Waals surface area (Å²) < 4.78 is 15.5. The second-order valence-corrected chi connectivity index (χ2v) is 5.12. The van der Waals surface area contributed by atoms with E-state index in [9.17, 15) is 9.59 Å². The van der Waals surface area contributed by atoms with Gasteiger partial charge in [-0.15, -0.1) is 0 Å². The molecule has 0 aromatic heterocycles. The maximum absolute atomic E-state index is 11.9. The van der Waals surface area contributed by atoms with Gasteiger partial charge in [0.2, 0.25) is 0 Å². The van der Waals surface area contributed by atoms with Gasteiger partial charge in [0.15, 0.2) is 0 Å². The van der Waals surface area contributed by atoms with Crippen LogP contribution < -0.4 is 0 Å². The van der Waals surface area contributed by atoms with E-state index in [-0.39, 0.29) is 19.1 Å². The second-order valence-electron chi connectivity index (χ2n) is 5.12. The molecule has 124 valence electrons. The van der Waals surface area contributed by atoms with E-state index in [1.807, 2.05) is 30.3 Å². The summed E-state index contributed by atoms with van der Waals surface area (Å²) in [5.74, 6) is -0.196. The van der Waals surface area contributed by atoms with Crippen molar-refractivity contribution in [1.29, 1.82) is 0 Å². The number of carbonyl (C=O) groups is 2. The summed E-state index contributed by atoms with van der Waals surface area (Å²) in [7, 11) is 1.51. The first-order chi connectivity index (χ1) is 11.1. The monoisotopic (exact) mass is 319 g/mol. The van der Waals surface area contributed by atoms with Crippen LogP contribution in [0.4, 0.5) is 0 Å². The van der Waals surface area contributed by atoms with Gasteiger partial charge < -0.3 is 14.2 Å². The first-order valence-electron chi connectivity index (χ1n) is 7.49. The number of rotatable bonds is 7. The van der Waals surface area contributed by atoms with Gasteiger partial charge >= 0.3 is 11.9 Å². The minimum absolute atomic E-state index is 0.0998. The van der Waals surface area contributed by atoms with Gasteiger partial charge in [-0.25, -0.2) is 4.79 Å². The lowest BCUT2D eigenvalue weighted by molar-refractivity contribution is -0.146. The average Bonchev–Trinajstić information content (AvgIpc) is 2.97. The molecule has 0 amide bonds. The molecule has 0 saturated carbocycles. The zero-order valence-corrected chi connectivity index (χ0v) is 13.4. The minimum Gasteiger partial charge on any atom is -0.499 e. The average molecular weight is 319 g/mol. The fourth-order valence-electron chi connectivity index (χ4n) is 2.33. The van der Waals surface area contributed by atoms with Gasteiger partial charge in [-0.05, 0) is 12.5 Å².